The first kappa shape index (κ1) is 17.2. The van der Waals surface area contributed by atoms with Crippen LogP contribution in [-0.2, 0) is 4.79 Å². The number of carbonyl (C=O) groups excluding carboxylic acids is 1. The van der Waals surface area contributed by atoms with Gasteiger partial charge in [0, 0.05) is 6.42 Å². The normalized spacial score (nSPS) is 12.5. The number of phenols is 1. The number of benzene rings is 1. The molecule has 0 saturated carbocycles. The summed E-state index contributed by atoms with van der Waals surface area (Å²) < 4.78 is 5.00. The van der Waals surface area contributed by atoms with Crippen LogP contribution in [0, 0.1) is 0 Å². The summed E-state index contributed by atoms with van der Waals surface area (Å²) in [5.41, 5.74) is 0.762. The van der Waals surface area contributed by atoms with Gasteiger partial charge < -0.3 is 14.9 Å². The molecule has 0 radical (unpaired) electrons. The van der Waals surface area contributed by atoms with Gasteiger partial charge in [-0.25, -0.2) is 0 Å². The molecule has 21 heavy (non-hydrogen) atoms. The molecule has 116 valence electrons. The number of allylic oxidation sites excluding steroid dienone is 1. The summed E-state index contributed by atoms with van der Waals surface area (Å²) in [6, 6.07) is 4.86. The number of aliphatic hydroxyl groups excluding tert-OH is 1. The maximum Gasteiger partial charge on any atom is 0.161 e. The quantitative estimate of drug-likeness (QED) is 0.541. The molecule has 1 aromatic carbocycles. The number of hydrogen-bond donors (Lipinski definition) is 2. The van der Waals surface area contributed by atoms with Crippen molar-refractivity contribution in [2.24, 2.45) is 0 Å². The van der Waals surface area contributed by atoms with Crippen molar-refractivity contribution in [1.82, 2.24) is 0 Å². The monoisotopic (exact) mass is 292 g/mol. The Morgan fingerprint density at radius 1 is 1.38 bits per heavy atom. The zero-order valence-corrected chi connectivity index (χ0v) is 12.7. The minimum Gasteiger partial charge on any atom is -0.504 e. The van der Waals surface area contributed by atoms with E-state index in [0.29, 0.717) is 12.2 Å². The second-order valence-corrected chi connectivity index (χ2v) is 5.08. The molecule has 1 atom stereocenters. The number of hydrogen-bond acceptors (Lipinski definition) is 4. The number of ether oxygens (including phenoxy) is 1. The van der Waals surface area contributed by atoms with Crippen molar-refractivity contribution in [3.8, 4) is 11.5 Å². The van der Waals surface area contributed by atoms with Gasteiger partial charge in [-0.3, -0.25) is 4.79 Å². The van der Waals surface area contributed by atoms with Gasteiger partial charge in [0.1, 0.15) is 0 Å². The van der Waals surface area contributed by atoms with E-state index in [1.807, 2.05) is 0 Å². The smallest absolute Gasteiger partial charge is 0.161 e. The summed E-state index contributed by atoms with van der Waals surface area (Å²) in [4.78, 5) is 11.8. The number of aromatic hydroxyl groups is 1. The van der Waals surface area contributed by atoms with Crippen LogP contribution < -0.4 is 4.74 Å². The van der Waals surface area contributed by atoms with Crippen molar-refractivity contribution < 1.29 is 19.7 Å². The van der Waals surface area contributed by atoms with Gasteiger partial charge in [0.25, 0.3) is 0 Å². The molecule has 0 unspecified atom stereocenters. The first-order valence-electron chi connectivity index (χ1n) is 7.32. The molecular weight excluding hydrogens is 268 g/mol. The largest absolute Gasteiger partial charge is 0.504 e. The fraction of sp³-hybridized carbons (Fsp3) is 0.471. The third kappa shape index (κ3) is 6.45. The van der Waals surface area contributed by atoms with Crippen LogP contribution in [0.1, 0.15) is 44.6 Å². The van der Waals surface area contributed by atoms with Crippen LogP contribution in [0.4, 0.5) is 0 Å². The van der Waals surface area contributed by atoms with Gasteiger partial charge in [-0.1, -0.05) is 38.3 Å². The standard InChI is InChI=1S/C17H24O4/c1-3-4-5-6-14(18)12-15(19)9-7-13-8-10-16(20)17(11-13)21-2/h7-11,14,18,20H,3-6,12H2,1-2H3/t14-/m0/s1. The lowest BCUT2D eigenvalue weighted by Gasteiger charge is -2.07. The van der Waals surface area contributed by atoms with Crippen LogP contribution in [0.3, 0.4) is 0 Å². The van der Waals surface area contributed by atoms with E-state index < -0.39 is 6.10 Å². The average Bonchev–Trinajstić information content (AvgIpc) is 2.46. The molecule has 2 N–H and O–H groups in total. The highest BCUT2D eigenvalue weighted by molar-refractivity contribution is 5.93. The second kappa shape index (κ2) is 9.19. The zero-order chi connectivity index (χ0) is 15.7. The highest BCUT2D eigenvalue weighted by atomic mass is 16.5. The van der Waals surface area contributed by atoms with Gasteiger partial charge in [-0.2, -0.15) is 0 Å². The van der Waals surface area contributed by atoms with Crippen molar-refractivity contribution in [3.63, 3.8) is 0 Å². The van der Waals surface area contributed by atoms with Crippen LogP contribution in [0.5, 0.6) is 11.5 Å². The number of carbonyl (C=O) groups is 1. The molecule has 1 aromatic rings. The molecule has 0 bridgehead atoms. The summed E-state index contributed by atoms with van der Waals surface area (Å²) >= 11 is 0. The van der Waals surface area contributed by atoms with E-state index >= 15 is 0 Å². The maximum atomic E-state index is 11.8. The number of aliphatic hydroxyl groups is 1. The molecule has 0 aromatic heterocycles. The number of phenolic OH excluding ortho intramolecular Hbond substituents is 1. The van der Waals surface area contributed by atoms with Crippen LogP contribution in [0.15, 0.2) is 24.3 Å². The minimum atomic E-state index is -0.567. The highest BCUT2D eigenvalue weighted by Gasteiger charge is 2.08. The van der Waals surface area contributed by atoms with Gasteiger partial charge in [-0.15, -0.1) is 0 Å². The molecule has 0 amide bonds. The Kier molecular flexibility index (Phi) is 7.54. The topological polar surface area (TPSA) is 66.8 Å². The fourth-order valence-electron chi connectivity index (χ4n) is 2.02. The first-order chi connectivity index (χ1) is 10.1. The van der Waals surface area contributed by atoms with Gasteiger partial charge in [-0.05, 0) is 30.2 Å². The van der Waals surface area contributed by atoms with Crippen LogP contribution in [0.2, 0.25) is 0 Å². The van der Waals surface area contributed by atoms with Crippen molar-refractivity contribution in [1.29, 1.82) is 0 Å². The lowest BCUT2D eigenvalue weighted by Crippen LogP contribution is -2.11. The van der Waals surface area contributed by atoms with E-state index in [0.717, 1.165) is 24.8 Å². The van der Waals surface area contributed by atoms with E-state index in [1.165, 1.54) is 19.3 Å². The van der Waals surface area contributed by atoms with E-state index in [-0.39, 0.29) is 18.0 Å². The van der Waals surface area contributed by atoms with Crippen LogP contribution in [-0.4, -0.2) is 29.2 Å². The van der Waals surface area contributed by atoms with Crippen molar-refractivity contribution >= 4 is 11.9 Å². The fourth-order valence-corrected chi connectivity index (χ4v) is 2.02. The van der Waals surface area contributed by atoms with E-state index in [2.05, 4.69) is 6.92 Å². The van der Waals surface area contributed by atoms with Gasteiger partial charge in [0.2, 0.25) is 0 Å². The molecule has 0 aliphatic heterocycles. The van der Waals surface area contributed by atoms with Gasteiger partial charge in [0.15, 0.2) is 17.3 Å². The van der Waals surface area contributed by atoms with Crippen molar-refractivity contribution in [3.05, 3.63) is 29.8 Å². The molecule has 4 heteroatoms. The Balaban J connectivity index is 2.50. The van der Waals surface area contributed by atoms with E-state index in [9.17, 15) is 15.0 Å². The molecule has 0 aliphatic carbocycles. The van der Waals surface area contributed by atoms with Gasteiger partial charge >= 0.3 is 0 Å². The third-order valence-electron chi connectivity index (χ3n) is 3.24. The van der Waals surface area contributed by atoms with E-state index in [4.69, 9.17) is 4.74 Å². The Morgan fingerprint density at radius 3 is 2.81 bits per heavy atom. The molecule has 0 spiro atoms. The van der Waals surface area contributed by atoms with Crippen LogP contribution >= 0.6 is 0 Å². The summed E-state index contributed by atoms with van der Waals surface area (Å²) in [5.74, 6) is 0.322. The lowest BCUT2D eigenvalue weighted by atomic mass is 10.0. The molecular formula is C17H24O4. The third-order valence-corrected chi connectivity index (χ3v) is 3.24. The Hall–Kier alpha value is -1.81. The lowest BCUT2D eigenvalue weighted by molar-refractivity contribution is -0.116. The molecule has 0 saturated heterocycles. The maximum absolute atomic E-state index is 11.8. The summed E-state index contributed by atoms with van der Waals surface area (Å²) in [6.07, 6.45) is 6.48. The van der Waals surface area contributed by atoms with Gasteiger partial charge in [0.05, 0.1) is 13.2 Å². The van der Waals surface area contributed by atoms with Crippen LogP contribution in [0.25, 0.3) is 6.08 Å². The molecule has 4 nitrogen and oxygen atoms in total. The number of unbranched alkanes of at least 4 members (excludes halogenated alkanes) is 2. The minimum absolute atomic E-state index is 0.0623. The Bertz CT molecular complexity index is 480. The average molecular weight is 292 g/mol. The Labute approximate surface area is 126 Å². The molecule has 0 fully saturated rings. The highest BCUT2D eigenvalue weighted by Crippen LogP contribution is 2.26. The predicted molar refractivity (Wildman–Crippen MR) is 83.5 cm³/mol. The number of rotatable bonds is 9. The molecule has 1 rings (SSSR count). The zero-order valence-electron chi connectivity index (χ0n) is 12.7. The summed E-state index contributed by atoms with van der Waals surface area (Å²) in [6.45, 7) is 2.10. The summed E-state index contributed by atoms with van der Waals surface area (Å²) in [5, 5.41) is 19.2. The molecule has 0 aliphatic rings. The SMILES string of the molecule is CCCCC[C@H](O)CC(=O)C=Cc1ccc(O)c(OC)c1. The van der Waals surface area contributed by atoms with Crippen molar-refractivity contribution in [2.75, 3.05) is 7.11 Å². The second-order valence-electron chi connectivity index (χ2n) is 5.08. The number of methoxy groups -OCH3 is 1. The predicted octanol–water partition coefficient (Wildman–Crippen LogP) is 3.31. The number of ketones is 1. The van der Waals surface area contributed by atoms with E-state index in [1.54, 1.807) is 18.2 Å². The summed E-state index contributed by atoms with van der Waals surface area (Å²) in [7, 11) is 1.47. The first-order valence-corrected chi connectivity index (χ1v) is 7.32. The molecule has 0 heterocycles. The Morgan fingerprint density at radius 2 is 2.14 bits per heavy atom. The van der Waals surface area contributed by atoms with Crippen molar-refractivity contribution in [2.45, 2.75) is 45.1 Å².